The van der Waals surface area contributed by atoms with E-state index in [0.717, 1.165) is 22.7 Å². The third-order valence-corrected chi connectivity index (χ3v) is 12.7. The van der Waals surface area contributed by atoms with E-state index in [9.17, 15) is 0 Å². The number of thiophene rings is 1. The molecule has 54 heavy (non-hydrogen) atoms. The molecule has 0 bridgehead atoms. The normalized spacial score (nSPS) is 13.5. The van der Waals surface area contributed by atoms with Crippen molar-refractivity contribution >= 4 is 98.0 Å². The minimum Gasteiger partial charge on any atom is -0.310 e. The fourth-order valence-electron chi connectivity index (χ4n) is 8.99. The predicted octanol–water partition coefficient (Wildman–Crippen LogP) is 15.1. The van der Waals surface area contributed by atoms with Gasteiger partial charge in [0.15, 0.2) is 0 Å². The van der Waals surface area contributed by atoms with Crippen molar-refractivity contribution in [2.24, 2.45) is 0 Å². The summed E-state index contributed by atoms with van der Waals surface area (Å²) in [6.45, 7) is 4.81. The zero-order valence-electron chi connectivity index (χ0n) is 30.1. The Bertz CT molecular complexity index is 3090. The van der Waals surface area contributed by atoms with Gasteiger partial charge in [-0.05, 0) is 122 Å². The number of para-hydroxylation sites is 2. The topological polar surface area (TPSA) is 6.48 Å². The molecule has 0 saturated heterocycles. The van der Waals surface area contributed by atoms with Crippen LogP contribution in [0.4, 0.5) is 34.1 Å². The van der Waals surface area contributed by atoms with Crippen LogP contribution >= 0.6 is 11.3 Å². The van der Waals surface area contributed by atoms with Crippen molar-refractivity contribution in [3.05, 3.63) is 193 Å². The quantitative estimate of drug-likeness (QED) is 0.168. The fourth-order valence-corrected chi connectivity index (χ4v) is 10.1. The summed E-state index contributed by atoms with van der Waals surface area (Å²) in [5.74, 6) is 0. The lowest BCUT2D eigenvalue weighted by Gasteiger charge is -2.43. The van der Waals surface area contributed by atoms with Gasteiger partial charge in [-0.2, -0.15) is 0 Å². The monoisotopic (exact) mass is 708 g/mol. The molecule has 0 N–H and O–H groups in total. The lowest BCUT2D eigenvalue weighted by molar-refractivity contribution is 0.633. The van der Waals surface area contributed by atoms with Crippen molar-refractivity contribution in [3.8, 4) is 0 Å². The second-order valence-electron chi connectivity index (χ2n) is 15.0. The van der Waals surface area contributed by atoms with E-state index in [1.165, 1.54) is 75.0 Å². The first kappa shape index (κ1) is 31.1. The molecule has 0 amide bonds. The lowest BCUT2D eigenvalue weighted by Crippen LogP contribution is -2.31. The van der Waals surface area contributed by atoms with E-state index in [1.54, 1.807) is 0 Å². The van der Waals surface area contributed by atoms with E-state index in [1.807, 2.05) is 11.3 Å². The van der Waals surface area contributed by atoms with E-state index in [2.05, 4.69) is 206 Å². The largest absolute Gasteiger partial charge is 0.310 e. The Kier molecular flexibility index (Phi) is 6.80. The molecule has 0 unspecified atom stereocenters. The van der Waals surface area contributed by atoms with Crippen molar-refractivity contribution in [2.75, 3.05) is 9.80 Å². The van der Waals surface area contributed by atoms with Gasteiger partial charge in [-0.1, -0.05) is 117 Å². The van der Waals surface area contributed by atoms with Crippen LogP contribution in [0.25, 0.3) is 52.5 Å². The zero-order valence-corrected chi connectivity index (χ0v) is 30.9. The Morgan fingerprint density at radius 1 is 0.389 bits per heavy atom. The highest BCUT2D eigenvalue weighted by molar-refractivity contribution is 7.25. The van der Waals surface area contributed by atoms with Crippen LogP contribution in [-0.4, -0.2) is 0 Å². The SMILES string of the molecule is CC1(C)c2cc(N(c3ccccc3)c3ccc4sc5ccccc5c4c3)ccc2N(c2ccccc2)c2cc3c4ccccc4c4ccccc4c3cc21. The second kappa shape index (κ2) is 11.8. The number of nitrogens with zero attached hydrogens (tertiary/aromatic N) is 2. The van der Waals surface area contributed by atoms with Gasteiger partial charge >= 0.3 is 0 Å². The highest BCUT2D eigenvalue weighted by atomic mass is 32.1. The highest BCUT2D eigenvalue weighted by Gasteiger charge is 2.38. The van der Waals surface area contributed by atoms with Gasteiger partial charge in [0, 0.05) is 48.3 Å². The van der Waals surface area contributed by atoms with Gasteiger partial charge in [0.2, 0.25) is 0 Å². The summed E-state index contributed by atoms with van der Waals surface area (Å²) in [7, 11) is 0. The Morgan fingerprint density at radius 3 is 1.61 bits per heavy atom. The molecule has 256 valence electrons. The number of rotatable bonds is 4. The van der Waals surface area contributed by atoms with Crippen LogP contribution in [0.2, 0.25) is 0 Å². The average molecular weight is 709 g/mol. The van der Waals surface area contributed by atoms with Gasteiger partial charge < -0.3 is 9.80 Å². The number of fused-ring (bicyclic) bond motifs is 11. The maximum atomic E-state index is 2.50. The Hall–Kier alpha value is -6.42. The molecule has 0 aliphatic carbocycles. The first-order valence-corrected chi connectivity index (χ1v) is 19.5. The van der Waals surface area contributed by atoms with Crippen LogP contribution in [0.5, 0.6) is 0 Å². The van der Waals surface area contributed by atoms with E-state index >= 15 is 0 Å². The van der Waals surface area contributed by atoms with E-state index in [-0.39, 0.29) is 5.41 Å². The molecule has 0 fully saturated rings. The maximum Gasteiger partial charge on any atom is 0.0509 e. The number of hydrogen-bond acceptors (Lipinski definition) is 3. The smallest absolute Gasteiger partial charge is 0.0509 e. The fraction of sp³-hybridized carbons (Fsp3) is 0.0588. The third kappa shape index (κ3) is 4.58. The first-order valence-electron chi connectivity index (χ1n) is 18.7. The minimum atomic E-state index is -0.303. The standard InChI is InChI=1S/C51H36N2S/c1-51(2)45-30-36(52(33-15-5-3-6-16-33)35-26-28-50-44(29-35)41-23-13-14-24-49(41)54-50)25-27-47(45)53(34-17-7-4-8-18-34)48-32-43-40-22-12-10-20-38(40)37-19-9-11-21-39(37)42(43)31-46(48)51/h3-32H,1-2H3. The van der Waals surface area contributed by atoms with Gasteiger partial charge in [0.05, 0.1) is 11.4 Å². The van der Waals surface area contributed by atoms with E-state index < -0.39 is 0 Å². The van der Waals surface area contributed by atoms with Gasteiger partial charge in [0.1, 0.15) is 0 Å². The summed E-state index contributed by atoms with van der Waals surface area (Å²) in [6.07, 6.45) is 0. The molecule has 0 saturated carbocycles. The summed E-state index contributed by atoms with van der Waals surface area (Å²) in [6, 6.07) is 67.2. The molecule has 0 atom stereocenters. The van der Waals surface area contributed by atoms with Gasteiger partial charge in [-0.3, -0.25) is 0 Å². The zero-order chi connectivity index (χ0) is 36.0. The molecule has 10 aromatic rings. The summed E-state index contributed by atoms with van der Waals surface area (Å²) in [4.78, 5) is 4.91. The first-order chi connectivity index (χ1) is 26.5. The van der Waals surface area contributed by atoms with Crippen LogP contribution < -0.4 is 9.80 Å². The Labute approximate surface area is 318 Å². The second-order valence-corrected chi connectivity index (χ2v) is 16.0. The number of hydrogen-bond donors (Lipinski definition) is 0. The summed E-state index contributed by atoms with van der Waals surface area (Å²) < 4.78 is 2.63. The molecule has 3 heteroatoms. The Morgan fingerprint density at radius 2 is 0.907 bits per heavy atom. The van der Waals surface area contributed by atoms with Crippen molar-refractivity contribution in [1.82, 2.24) is 0 Å². The summed E-state index contributed by atoms with van der Waals surface area (Å²) >= 11 is 1.86. The average Bonchev–Trinajstić information content (AvgIpc) is 3.60. The molecule has 1 aliphatic heterocycles. The third-order valence-electron chi connectivity index (χ3n) is 11.6. The van der Waals surface area contributed by atoms with Crippen LogP contribution in [-0.2, 0) is 5.41 Å². The molecule has 1 aliphatic rings. The maximum absolute atomic E-state index is 2.50. The highest BCUT2D eigenvalue weighted by Crippen LogP contribution is 2.55. The molecule has 1 aromatic heterocycles. The van der Waals surface area contributed by atoms with E-state index in [0.29, 0.717) is 0 Å². The van der Waals surface area contributed by atoms with Crippen molar-refractivity contribution in [2.45, 2.75) is 19.3 Å². The molecule has 2 nitrogen and oxygen atoms in total. The summed E-state index contributed by atoms with van der Waals surface area (Å²) in [5.41, 5.74) is 9.33. The molecule has 9 aromatic carbocycles. The predicted molar refractivity (Wildman–Crippen MR) is 233 cm³/mol. The van der Waals surface area contributed by atoms with Gasteiger partial charge in [-0.25, -0.2) is 0 Å². The molecular weight excluding hydrogens is 673 g/mol. The molecule has 0 radical (unpaired) electrons. The van der Waals surface area contributed by atoms with Crippen molar-refractivity contribution < 1.29 is 0 Å². The summed E-state index contributed by atoms with van der Waals surface area (Å²) in [5, 5.41) is 10.4. The van der Waals surface area contributed by atoms with Crippen LogP contribution in [0.1, 0.15) is 25.0 Å². The molecule has 2 heterocycles. The molecule has 11 rings (SSSR count). The number of anilines is 6. The van der Waals surface area contributed by atoms with Crippen LogP contribution in [0.15, 0.2) is 182 Å². The lowest BCUT2D eigenvalue weighted by atomic mass is 9.72. The van der Waals surface area contributed by atoms with Gasteiger partial charge in [-0.15, -0.1) is 11.3 Å². The molecular formula is C51H36N2S. The van der Waals surface area contributed by atoms with Crippen molar-refractivity contribution in [3.63, 3.8) is 0 Å². The van der Waals surface area contributed by atoms with E-state index in [4.69, 9.17) is 0 Å². The Balaban J connectivity index is 1.17. The van der Waals surface area contributed by atoms with Crippen molar-refractivity contribution in [1.29, 1.82) is 0 Å². The van der Waals surface area contributed by atoms with Crippen LogP contribution in [0.3, 0.4) is 0 Å². The van der Waals surface area contributed by atoms with Gasteiger partial charge in [0.25, 0.3) is 0 Å². The molecule has 0 spiro atoms. The minimum absolute atomic E-state index is 0.303. The number of benzene rings is 9. The van der Waals surface area contributed by atoms with Crippen LogP contribution in [0, 0.1) is 0 Å².